The monoisotopic (exact) mass is 452 g/mol. The highest BCUT2D eigenvalue weighted by Gasteiger charge is 2.33. The Morgan fingerprint density at radius 3 is 2.45 bits per heavy atom. The van der Waals surface area contributed by atoms with Gasteiger partial charge in [0, 0.05) is 12.6 Å². The van der Waals surface area contributed by atoms with Gasteiger partial charge in [-0.05, 0) is 62.1 Å². The van der Waals surface area contributed by atoms with E-state index in [2.05, 4.69) is 12.2 Å². The van der Waals surface area contributed by atoms with Crippen LogP contribution in [-0.2, 0) is 9.59 Å². The van der Waals surface area contributed by atoms with Crippen LogP contribution in [0.5, 0.6) is 11.5 Å². The van der Waals surface area contributed by atoms with E-state index < -0.39 is 6.04 Å². The predicted octanol–water partition coefficient (Wildman–Crippen LogP) is 4.70. The highest BCUT2D eigenvalue weighted by atomic mass is 35.5. The van der Waals surface area contributed by atoms with Crippen LogP contribution in [-0.4, -0.2) is 48.9 Å². The van der Waals surface area contributed by atoms with Gasteiger partial charge in [-0.15, -0.1) is 11.6 Å². The number of hydrogen-bond acceptors (Lipinski definition) is 4. The van der Waals surface area contributed by atoms with Gasteiger partial charge < -0.3 is 19.7 Å². The summed E-state index contributed by atoms with van der Waals surface area (Å²) in [4.78, 5) is 27.7. The second kappa shape index (κ2) is 12.8. The van der Waals surface area contributed by atoms with Crippen LogP contribution in [0, 0.1) is 5.92 Å². The fourth-order valence-electron chi connectivity index (χ4n) is 4.06. The summed E-state index contributed by atoms with van der Waals surface area (Å²) in [5.41, 5.74) is 0.689. The number of benzene rings is 1. The van der Waals surface area contributed by atoms with Gasteiger partial charge in [0.05, 0.1) is 13.7 Å². The lowest BCUT2D eigenvalue weighted by Crippen LogP contribution is -2.48. The summed E-state index contributed by atoms with van der Waals surface area (Å²) in [7, 11) is 1.57. The maximum absolute atomic E-state index is 13.5. The average molecular weight is 453 g/mol. The van der Waals surface area contributed by atoms with Gasteiger partial charge in [0.25, 0.3) is 0 Å². The summed E-state index contributed by atoms with van der Waals surface area (Å²) < 4.78 is 11.3. The second-order valence-electron chi connectivity index (χ2n) is 8.35. The Hall–Kier alpha value is -1.95. The molecule has 1 saturated carbocycles. The normalized spacial score (nSPS) is 19.4. The van der Waals surface area contributed by atoms with Crippen molar-refractivity contribution in [1.29, 1.82) is 0 Å². The van der Waals surface area contributed by atoms with Gasteiger partial charge in [0.1, 0.15) is 11.9 Å². The molecule has 0 heterocycles. The van der Waals surface area contributed by atoms with Gasteiger partial charge in [-0.2, -0.15) is 0 Å². The molecule has 0 saturated heterocycles. The lowest BCUT2D eigenvalue weighted by Gasteiger charge is -2.34. The molecule has 1 N–H and O–H groups in total. The molecule has 1 fully saturated rings. The zero-order valence-corrected chi connectivity index (χ0v) is 20.0. The SMILES string of the molecule is CCCOc1ccc(C(C(=O)NC2CCC(C)CC2)N(CCC)C(=O)CCl)cc1OC. The molecule has 1 atom stereocenters. The minimum absolute atomic E-state index is 0.134. The molecule has 174 valence electrons. The first kappa shape index (κ1) is 25.3. The third kappa shape index (κ3) is 7.03. The van der Waals surface area contributed by atoms with E-state index in [1.165, 1.54) is 0 Å². The van der Waals surface area contributed by atoms with Gasteiger partial charge in [-0.1, -0.05) is 26.8 Å². The largest absolute Gasteiger partial charge is 0.493 e. The van der Waals surface area contributed by atoms with E-state index in [0.717, 1.165) is 38.5 Å². The molecule has 1 aromatic rings. The maximum atomic E-state index is 13.5. The molecular weight excluding hydrogens is 416 g/mol. The highest BCUT2D eigenvalue weighted by Crippen LogP contribution is 2.33. The van der Waals surface area contributed by atoms with Crippen LogP contribution in [0.3, 0.4) is 0 Å². The number of halogens is 1. The van der Waals surface area contributed by atoms with E-state index in [4.69, 9.17) is 21.1 Å². The predicted molar refractivity (Wildman–Crippen MR) is 124 cm³/mol. The number of ether oxygens (including phenoxy) is 2. The minimum atomic E-state index is -0.764. The standard InChI is InChI=1S/C24H37ClN2O4/c1-5-13-27(22(28)16-25)23(24(29)26-19-10-7-17(3)8-11-19)18-9-12-20(31-14-6-2)21(15-18)30-4/h9,12,15,17,19,23H,5-8,10-11,13-14,16H2,1-4H3,(H,26,29). The maximum Gasteiger partial charge on any atom is 0.247 e. The lowest BCUT2D eigenvalue weighted by molar-refractivity contribution is -0.139. The van der Waals surface area contributed by atoms with E-state index in [1.807, 2.05) is 26.0 Å². The smallest absolute Gasteiger partial charge is 0.247 e. The zero-order valence-electron chi connectivity index (χ0n) is 19.3. The Kier molecular flexibility index (Phi) is 10.4. The van der Waals surface area contributed by atoms with Crippen molar-refractivity contribution in [3.8, 4) is 11.5 Å². The van der Waals surface area contributed by atoms with Gasteiger partial charge in [0.15, 0.2) is 11.5 Å². The van der Waals surface area contributed by atoms with Gasteiger partial charge in [-0.25, -0.2) is 0 Å². The molecule has 1 unspecified atom stereocenters. The number of carbonyl (C=O) groups excluding carboxylic acids is 2. The Balaban J connectivity index is 2.36. The molecule has 2 rings (SSSR count). The molecular formula is C24H37ClN2O4. The average Bonchev–Trinajstić information content (AvgIpc) is 2.78. The fraction of sp³-hybridized carbons (Fsp3) is 0.667. The third-order valence-electron chi connectivity index (χ3n) is 5.79. The van der Waals surface area contributed by atoms with Crippen LogP contribution in [0.4, 0.5) is 0 Å². The first-order valence-electron chi connectivity index (χ1n) is 11.4. The van der Waals surface area contributed by atoms with Crippen molar-refractivity contribution < 1.29 is 19.1 Å². The Morgan fingerprint density at radius 2 is 1.87 bits per heavy atom. The van der Waals surface area contributed by atoms with Crippen molar-refractivity contribution in [2.24, 2.45) is 5.92 Å². The number of carbonyl (C=O) groups is 2. The van der Waals surface area contributed by atoms with Gasteiger partial charge in [0.2, 0.25) is 11.8 Å². The Labute approximate surface area is 191 Å². The number of amides is 2. The minimum Gasteiger partial charge on any atom is -0.493 e. The molecule has 31 heavy (non-hydrogen) atoms. The van der Waals surface area contributed by atoms with E-state index in [-0.39, 0.29) is 23.7 Å². The molecule has 1 aliphatic rings. The first-order valence-corrected chi connectivity index (χ1v) is 11.9. The molecule has 6 nitrogen and oxygen atoms in total. The summed E-state index contributed by atoms with van der Waals surface area (Å²) in [5, 5.41) is 3.19. The van der Waals surface area contributed by atoms with Gasteiger partial charge >= 0.3 is 0 Å². The van der Waals surface area contributed by atoms with E-state index in [9.17, 15) is 9.59 Å². The van der Waals surface area contributed by atoms with E-state index in [0.29, 0.717) is 36.1 Å². The van der Waals surface area contributed by atoms with Crippen molar-refractivity contribution in [3.05, 3.63) is 23.8 Å². The van der Waals surface area contributed by atoms with Crippen LogP contribution in [0.15, 0.2) is 18.2 Å². The van der Waals surface area contributed by atoms with Crippen molar-refractivity contribution in [2.75, 3.05) is 26.1 Å². The zero-order chi connectivity index (χ0) is 22.8. The summed E-state index contributed by atoms with van der Waals surface area (Å²) in [6.45, 7) is 7.29. The molecule has 7 heteroatoms. The van der Waals surface area contributed by atoms with Crippen LogP contribution < -0.4 is 14.8 Å². The number of nitrogens with zero attached hydrogens (tertiary/aromatic N) is 1. The summed E-state index contributed by atoms with van der Waals surface area (Å²) in [6, 6.07) is 4.81. The number of alkyl halides is 1. The van der Waals surface area contributed by atoms with Crippen molar-refractivity contribution in [1.82, 2.24) is 10.2 Å². The molecule has 0 aromatic heterocycles. The van der Waals surface area contributed by atoms with Crippen molar-refractivity contribution >= 4 is 23.4 Å². The quantitative estimate of drug-likeness (QED) is 0.494. The summed E-state index contributed by atoms with van der Waals surface area (Å²) in [6.07, 6.45) is 5.74. The number of hydrogen-bond donors (Lipinski definition) is 1. The molecule has 1 aromatic carbocycles. The Bertz CT molecular complexity index is 720. The van der Waals surface area contributed by atoms with Crippen LogP contribution in [0.2, 0.25) is 0 Å². The first-order chi connectivity index (χ1) is 14.9. The van der Waals surface area contributed by atoms with Crippen molar-refractivity contribution in [3.63, 3.8) is 0 Å². The molecule has 2 amide bonds. The van der Waals surface area contributed by atoms with Crippen molar-refractivity contribution in [2.45, 2.75) is 71.4 Å². The highest BCUT2D eigenvalue weighted by molar-refractivity contribution is 6.27. The molecule has 1 aliphatic carbocycles. The number of rotatable bonds is 11. The van der Waals surface area contributed by atoms with Gasteiger partial charge in [-0.3, -0.25) is 9.59 Å². The second-order valence-corrected chi connectivity index (χ2v) is 8.61. The number of nitrogens with one attached hydrogen (secondary N) is 1. The summed E-state index contributed by atoms with van der Waals surface area (Å²) >= 11 is 5.90. The number of methoxy groups -OCH3 is 1. The van der Waals surface area contributed by atoms with E-state index in [1.54, 1.807) is 18.1 Å². The van der Waals surface area contributed by atoms with E-state index >= 15 is 0 Å². The van der Waals surface area contributed by atoms with Crippen LogP contribution >= 0.6 is 11.6 Å². The van der Waals surface area contributed by atoms with Crippen LogP contribution in [0.25, 0.3) is 0 Å². The Morgan fingerprint density at radius 1 is 1.16 bits per heavy atom. The lowest BCUT2D eigenvalue weighted by atomic mass is 9.87. The molecule has 0 spiro atoms. The molecule has 0 radical (unpaired) electrons. The fourth-order valence-corrected chi connectivity index (χ4v) is 4.21. The van der Waals surface area contributed by atoms with Crippen LogP contribution in [0.1, 0.15) is 70.9 Å². The third-order valence-corrected chi connectivity index (χ3v) is 6.02. The topological polar surface area (TPSA) is 67.9 Å². The summed E-state index contributed by atoms with van der Waals surface area (Å²) in [5.74, 6) is 1.27. The molecule has 0 bridgehead atoms. The molecule has 0 aliphatic heterocycles.